The lowest BCUT2D eigenvalue weighted by Crippen LogP contribution is -2.24. The number of Topliss-reactive ketones (excluding diaryl/α,β-unsaturated/α-hetero) is 1. The van der Waals surface area contributed by atoms with Gasteiger partial charge in [-0.2, -0.15) is 0 Å². The summed E-state index contributed by atoms with van der Waals surface area (Å²) < 4.78 is 0. The molecule has 2 amide bonds. The molecule has 0 spiro atoms. The van der Waals surface area contributed by atoms with Gasteiger partial charge in [0.05, 0.1) is 0 Å². The van der Waals surface area contributed by atoms with Crippen LogP contribution in [0.2, 0.25) is 0 Å². The predicted molar refractivity (Wildman–Crippen MR) is 111 cm³/mol. The average Bonchev–Trinajstić information content (AvgIpc) is 2.73. The molecule has 0 radical (unpaired) electrons. The molecule has 0 unspecified atom stereocenters. The van der Waals surface area contributed by atoms with Crippen LogP contribution in [0.4, 0.5) is 5.69 Å². The molecule has 2 N–H and O–H groups in total. The highest BCUT2D eigenvalue weighted by molar-refractivity contribution is 6.05. The minimum absolute atomic E-state index is 0.0912. The largest absolute Gasteiger partial charge is 0.348 e. The van der Waals surface area contributed by atoms with Crippen molar-refractivity contribution in [2.75, 3.05) is 5.32 Å². The third-order valence-corrected chi connectivity index (χ3v) is 4.48. The van der Waals surface area contributed by atoms with Gasteiger partial charge in [0.1, 0.15) is 5.69 Å². The van der Waals surface area contributed by atoms with Crippen molar-refractivity contribution in [2.45, 2.75) is 20.4 Å². The molecule has 1 aromatic heterocycles. The number of hydrogen-bond acceptors (Lipinski definition) is 4. The van der Waals surface area contributed by atoms with E-state index in [1.165, 1.54) is 19.2 Å². The van der Waals surface area contributed by atoms with E-state index >= 15 is 0 Å². The summed E-state index contributed by atoms with van der Waals surface area (Å²) in [5, 5.41) is 5.56. The maximum atomic E-state index is 12.5. The van der Waals surface area contributed by atoms with Gasteiger partial charge in [0, 0.05) is 29.6 Å². The Kier molecular flexibility index (Phi) is 6.14. The molecule has 0 aliphatic carbocycles. The van der Waals surface area contributed by atoms with E-state index in [1.807, 2.05) is 31.2 Å². The van der Waals surface area contributed by atoms with Crippen molar-refractivity contribution < 1.29 is 14.4 Å². The number of carbonyl (C=O) groups is 3. The van der Waals surface area contributed by atoms with Gasteiger partial charge >= 0.3 is 0 Å². The number of benzene rings is 2. The van der Waals surface area contributed by atoms with Gasteiger partial charge in [-0.05, 0) is 49.2 Å². The fourth-order valence-electron chi connectivity index (χ4n) is 2.79. The van der Waals surface area contributed by atoms with E-state index in [2.05, 4.69) is 15.6 Å². The Morgan fingerprint density at radius 1 is 0.897 bits per heavy atom. The molecule has 3 aromatic rings. The molecule has 0 atom stereocenters. The van der Waals surface area contributed by atoms with E-state index in [9.17, 15) is 14.4 Å². The molecule has 29 heavy (non-hydrogen) atoms. The number of ketones is 1. The van der Waals surface area contributed by atoms with Crippen molar-refractivity contribution in [3.05, 3.63) is 94.8 Å². The molecule has 1 heterocycles. The first-order chi connectivity index (χ1) is 13.9. The number of hydrogen-bond donors (Lipinski definition) is 2. The van der Waals surface area contributed by atoms with Gasteiger partial charge in [-0.3, -0.25) is 19.4 Å². The molecular formula is C23H21N3O3. The smallest absolute Gasteiger partial charge is 0.274 e. The zero-order valence-corrected chi connectivity index (χ0v) is 16.2. The van der Waals surface area contributed by atoms with Crippen molar-refractivity contribution in [1.29, 1.82) is 0 Å². The van der Waals surface area contributed by atoms with Crippen LogP contribution >= 0.6 is 0 Å². The lowest BCUT2D eigenvalue weighted by Gasteiger charge is -2.09. The van der Waals surface area contributed by atoms with Crippen LogP contribution in [0.3, 0.4) is 0 Å². The zero-order chi connectivity index (χ0) is 20.8. The van der Waals surface area contributed by atoms with E-state index in [0.29, 0.717) is 23.4 Å². The fraction of sp³-hybridized carbons (Fsp3) is 0.130. The number of rotatable bonds is 6. The third-order valence-electron chi connectivity index (χ3n) is 4.48. The van der Waals surface area contributed by atoms with Crippen LogP contribution < -0.4 is 10.6 Å². The quantitative estimate of drug-likeness (QED) is 0.630. The Labute approximate surface area is 169 Å². The average molecular weight is 387 g/mol. The Morgan fingerprint density at radius 2 is 1.69 bits per heavy atom. The molecule has 0 saturated heterocycles. The van der Waals surface area contributed by atoms with E-state index < -0.39 is 5.91 Å². The molecule has 0 aliphatic rings. The molecule has 3 rings (SSSR count). The molecular weight excluding hydrogens is 366 g/mol. The summed E-state index contributed by atoms with van der Waals surface area (Å²) in [4.78, 5) is 40.5. The number of anilines is 1. The van der Waals surface area contributed by atoms with Crippen molar-refractivity contribution in [1.82, 2.24) is 10.3 Å². The molecule has 0 aliphatic heterocycles. The van der Waals surface area contributed by atoms with Gasteiger partial charge in [-0.25, -0.2) is 0 Å². The van der Waals surface area contributed by atoms with Gasteiger partial charge < -0.3 is 10.6 Å². The van der Waals surface area contributed by atoms with E-state index in [1.54, 1.807) is 30.3 Å². The molecule has 6 heteroatoms. The fourth-order valence-corrected chi connectivity index (χ4v) is 2.79. The van der Waals surface area contributed by atoms with Crippen LogP contribution in [-0.2, 0) is 6.54 Å². The van der Waals surface area contributed by atoms with Crippen LogP contribution in [0.15, 0.2) is 66.9 Å². The number of nitrogens with one attached hydrogen (secondary N) is 2. The zero-order valence-electron chi connectivity index (χ0n) is 16.2. The summed E-state index contributed by atoms with van der Waals surface area (Å²) in [5.41, 5.74) is 3.56. The maximum absolute atomic E-state index is 12.5. The summed E-state index contributed by atoms with van der Waals surface area (Å²) >= 11 is 0. The van der Waals surface area contributed by atoms with Gasteiger partial charge in [0.25, 0.3) is 11.8 Å². The first-order valence-corrected chi connectivity index (χ1v) is 9.15. The number of aryl methyl sites for hydroxylation is 1. The summed E-state index contributed by atoms with van der Waals surface area (Å²) in [6.45, 7) is 3.84. The standard InChI is InChI=1S/C23H21N3O3/c1-15-6-3-4-7-19(15)14-25-22(28)18-10-11-24-21(13-18)23(29)26-20-9-5-8-17(12-20)16(2)27/h3-13H,14H2,1-2H3,(H,25,28)(H,26,29). The van der Waals surface area contributed by atoms with E-state index in [4.69, 9.17) is 0 Å². The maximum Gasteiger partial charge on any atom is 0.274 e. The number of aromatic nitrogens is 1. The second-order valence-corrected chi connectivity index (χ2v) is 6.63. The normalized spacial score (nSPS) is 10.3. The molecule has 146 valence electrons. The number of amides is 2. The molecule has 0 saturated carbocycles. The second-order valence-electron chi connectivity index (χ2n) is 6.63. The molecule has 6 nitrogen and oxygen atoms in total. The van der Waals surface area contributed by atoms with Crippen molar-refractivity contribution in [2.24, 2.45) is 0 Å². The van der Waals surface area contributed by atoms with Gasteiger partial charge in [-0.15, -0.1) is 0 Å². The first kappa shape index (κ1) is 19.9. The van der Waals surface area contributed by atoms with Crippen molar-refractivity contribution >= 4 is 23.3 Å². The lowest BCUT2D eigenvalue weighted by atomic mass is 10.1. The minimum Gasteiger partial charge on any atom is -0.348 e. The van der Waals surface area contributed by atoms with Crippen molar-refractivity contribution in [3.8, 4) is 0 Å². The second kappa shape index (κ2) is 8.93. The Balaban J connectivity index is 1.69. The number of carbonyl (C=O) groups excluding carboxylic acids is 3. The first-order valence-electron chi connectivity index (χ1n) is 9.15. The highest BCUT2D eigenvalue weighted by atomic mass is 16.2. The topological polar surface area (TPSA) is 88.2 Å². The van der Waals surface area contributed by atoms with Crippen molar-refractivity contribution in [3.63, 3.8) is 0 Å². The molecule has 0 bridgehead atoms. The van der Waals surface area contributed by atoms with Gasteiger partial charge in [0.2, 0.25) is 0 Å². The van der Waals surface area contributed by atoms with Crippen LogP contribution in [0.5, 0.6) is 0 Å². The Hall–Kier alpha value is -3.80. The van der Waals surface area contributed by atoms with Crippen LogP contribution in [0.25, 0.3) is 0 Å². The summed E-state index contributed by atoms with van der Waals surface area (Å²) in [6.07, 6.45) is 1.42. The summed E-state index contributed by atoms with van der Waals surface area (Å²) in [6, 6.07) is 17.4. The van der Waals surface area contributed by atoms with Gasteiger partial charge in [-0.1, -0.05) is 36.4 Å². The van der Waals surface area contributed by atoms with E-state index in [-0.39, 0.29) is 17.4 Å². The van der Waals surface area contributed by atoms with Crippen LogP contribution in [0, 0.1) is 6.92 Å². The Bertz CT molecular complexity index is 1080. The lowest BCUT2D eigenvalue weighted by molar-refractivity contribution is 0.0949. The van der Waals surface area contributed by atoms with Crippen LogP contribution in [-0.4, -0.2) is 22.6 Å². The highest BCUT2D eigenvalue weighted by Crippen LogP contribution is 2.13. The highest BCUT2D eigenvalue weighted by Gasteiger charge is 2.13. The van der Waals surface area contributed by atoms with E-state index in [0.717, 1.165) is 11.1 Å². The molecule has 0 fully saturated rings. The van der Waals surface area contributed by atoms with Crippen LogP contribution in [0.1, 0.15) is 49.3 Å². The number of nitrogens with zero attached hydrogens (tertiary/aromatic N) is 1. The monoisotopic (exact) mass is 387 g/mol. The SMILES string of the molecule is CC(=O)c1cccc(NC(=O)c2cc(C(=O)NCc3ccccc3C)ccn2)c1. The summed E-state index contributed by atoms with van der Waals surface area (Å²) in [7, 11) is 0. The molecule has 2 aromatic carbocycles. The Morgan fingerprint density at radius 3 is 2.45 bits per heavy atom. The number of pyridine rings is 1. The minimum atomic E-state index is -0.459. The van der Waals surface area contributed by atoms with Gasteiger partial charge in [0.15, 0.2) is 5.78 Å². The predicted octanol–water partition coefficient (Wildman–Crippen LogP) is 3.77. The third kappa shape index (κ3) is 5.13. The summed E-state index contributed by atoms with van der Waals surface area (Å²) in [5.74, 6) is -0.839.